The molecule has 0 aliphatic carbocycles. The van der Waals surface area contributed by atoms with Crippen LogP contribution < -0.4 is 5.56 Å². The van der Waals surface area contributed by atoms with Crippen LogP contribution in [0.4, 0.5) is 0 Å². The first kappa shape index (κ1) is 20.3. The molecule has 160 valence electrons. The van der Waals surface area contributed by atoms with Gasteiger partial charge in [0.15, 0.2) is 12.2 Å². The largest absolute Gasteiger partial charge is 0.444 e. The normalized spacial score (nSPS) is 10.9. The van der Waals surface area contributed by atoms with E-state index in [1.54, 1.807) is 30.6 Å². The molecule has 3 heterocycles. The maximum Gasteiger partial charge on any atom is 0.298 e. The Balaban J connectivity index is 1.87. The van der Waals surface area contributed by atoms with Crippen molar-refractivity contribution in [2.75, 3.05) is 0 Å². The maximum atomic E-state index is 13.5. The van der Waals surface area contributed by atoms with Gasteiger partial charge in [0.25, 0.3) is 5.56 Å². The van der Waals surface area contributed by atoms with Crippen LogP contribution >= 0.6 is 0 Å². The van der Waals surface area contributed by atoms with E-state index < -0.39 is 0 Å². The molecular weight excluding hydrogens is 412 g/mol. The van der Waals surface area contributed by atoms with Crippen molar-refractivity contribution in [1.29, 1.82) is 0 Å². The second-order valence-corrected chi connectivity index (χ2v) is 7.61. The van der Waals surface area contributed by atoms with Gasteiger partial charge in [0.2, 0.25) is 0 Å². The van der Waals surface area contributed by atoms with Gasteiger partial charge in [0, 0.05) is 33.8 Å². The number of oxazole rings is 1. The Morgan fingerprint density at radius 3 is 2.45 bits per heavy atom. The van der Waals surface area contributed by atoms with Crippen LogP contribution in [0.1, 0.15) is 16.7 Å². The summed E-state index contributed by atoms with van der Waals surface area (Å²) in [6, 6.07) is 15.4. The van der Waals surface area contributed by atoms with Gasteiger partial charge in [-0.2, -0.15) is 9.78 Å². The summed E-state index contributed by atoms with van der Waals surface area (Å²) in [5.41, 5.74) is 5.55. The van der Waals surface area contributed by atoms with Crippen molar-refractivity contribution >= 4 is 23.1 Å². The van der Waals surface area contributed by atoms with Crippen LogP contribution in [0.3, 0.4) is 0 Å². The van der Waals surface area contributed by atoms with Crippen molar-refractivity contribution in [3.8, 4) is 28.3 Å². The maximum absolute atomic E-state index is 13.5. The van der Waals surface area contributed by atoms with E-state index in [0.29, 0.717) is 28.0 Å². The Morgan fingerprint density at radius 2 is 1.76 bits per heavy atom. The van der Waals surface area contributed by atoms with Gasteiger partial charge in [-0.1, -0.05) is 43.5 Å². The first-order valence-corrected chi connectivity index (χ1v) is 10.4. The number of hydrogen-bond acceptors (Lipinski definition) is 5. The molecule has 6 heteroatoms. The van der Waals surface area contributed by atoms with Crippen LogP contribution in [0, 0.1) is 6.92 Å². The number of fused-ring (bicyclic) bond motifs is 1. The molecule has 0 fully saturated rings. The highest BCUT2D eigenvalue weighted by Crippen LogP contribution is 2.31. The Kier molecular flexibility index (Phi) is 5.03. The molecule has 33 heavy (non-hydrogen) atoms. The van der Waals surface area contributed by atoms with Crippen molar-refractivity contribution in [2.45, 2.75) is 6.92 Å². The fourth-order valence-corrected chi connectivity index (χ4v) is 4.01. The van der Waals surface area contributed by atoms with E-state index in [9.17, 15) is 4.79 Å². The minimum Gasteiger partial charge on any atom is -0.444 e. The summed E-state index contributed by atoms with van der Waals surface area (Å²) in [7, 11) is 0. The van der Waals surface area contributed by atoms with Crippen molar-refractivity contribution in [1.82, 2.24) is 19.7 Å². The summed E-state index contributed by atoms with van der Waals surface area (Å²) in [6.07, 6.45) is 8.09. The lowest BCUT2D eigenvalue weighted by Gasteiger charge is -2.15. The van der Waals surface area contributed by atoms with E-state index >= 15 is 0 Å². The first-order valence-electron chi connectivity index (χ1n) is 10.4. The lowest BCUT2D eigenvalue weighted by atomic mass is 10.0. The molecule has 0 saturated heterocycles. The van der Waals surface area contributed by atoms with Crippen LogP contribution in [0.15, 0.2) is 89.7 Å². The quantitative estimate of drug-likeness (QED) is 0.356. The molecule has 0 N–H and O–H groups in total. The third-order valence-corrected chi connectivity index (χ3v) is 5.48. The van der Waals surface area contributed by atoms with Crippen LogP contribution in [0.5, 0.6) is 0 Å². The topological polar surface area (TPSA) is 73.8 Å². The third-order valence-electron chi connectivity index (χ3n) is 5.48. The van der Waals surface area contributed by atoms with Crippen molar-refractivity contribution in [2.24, 2.45) is 0 Å². The fourth-order valence-electron chi connectivity index (χ4n) is 4.01. The van der Waals surface area contributed by atoms with E-state index in [2.05, 4.69) is 23.1 Å². The first-order chi connectivity index (χ1) is 16.1. The van der Waals surface area contributed by atoms with Crippen molar-refractivity contribution < 1.29 is 4.42 Å². The average Bonchev–Trinajstić information content (AvgIpc) is 3.39. The zero-order valence-electron chi connectivity index (χ0n) is 18.0. The fraction of sp³-hybridized carbons (Fsp3) is 0.0370. The van der Waals surface area contributed by atoms with Gasteiger partial charge in [-0.15, -0.1) is 0 Å². The molecule has 5 aromatic rings. The highest BCUT2D eigenvalue weighted by molar-refractivity contribution is 5.92. The lowest BCUT2D eigenvalue weighted by molar-refractivity contribution is 0.572. The van der Waals surface area contributed by atoms with Gasteiger partial charge < -0.3 is 4.42 Å². The van der Waals surface area contributed by atoms with Crippen LogP contribution in [0.25, 0.3) is 51.3 Å². The number of aromatic nitrogens is 4. The average molecular weight is 432 g/mol. The van der Waals surface area contributed by atoms with E-state index in [1.165, 1.54) is 11.1 Å². The van der Waals surface area contributed by atoms with Crippen LogP contribution in [-0.4, -0.2) is 19.7 Å². The standard InChI is InChI=1S/C27H20N4O2/c1-4-18-8-6-9-19(5-2)26(18)31-27(32)25-22(10-7-11-29-25)24(30-31)21-13-17(3)12-20(14-21)23-15-28-16-33-23/h4-16H,1-2H2,3H3. The molecular formula is C27H20N4O2. The summed E-state index contributed by atoms with van der Waals surface area (Å²) in [4.78, 5) is 21.9. The molecule has 0 radical (unpaired) electrons. The summed E-state index contributed by atoms with van der Waals surface area (Å²) in [6.45, 7) is 9.82. The Labute approximate surface area is 190 Å². The molecule has 0 aliphatic heterocycles. The highest BCUT2D eigenvalue weighted by atomic mass is 16.3. The van der Waals surface area contributed by atoms with E-state index in [0.717, 1.165) is 27.8 Å². The number of nitrogens with zero attached hydrogens (tertiary/aromatic N) is 4. The molecule has 6 nitrogen and oxygen atoms in total. The summed E-state index contributed by atoms with van der Waals surface area (Å²) >= 11 is 0. The number of benzene rings is 2. The van der Waals surface area contributed by atoms with Crippen LogP contribution in [0.2, 0.25) is 0 Å². The van der Waals surface area contributed by atoms with Crippen molar-refractivity contribution in [3.05, 3.63) is 108 Å². The monoisotopic (exact) mass is 432 g/mol. The number of para-hydroxylation sites is 1. The zero-order chi connectivity index (χ0) is 22.9. The Hall–Kier alpha value is -4.58. The van der Waals surface area contributed by atoms with Gasteiger partial charge >= 0.3 is 0 Å². The number of aryl methyl sites for hydroxylation is 1. The highest BCUT2D eigenvalue weighted by Gasteiger charge is 2.18. The zero-order valence-corrected chi connectivity index (χ0v) is 18.0. The molecule has 0 amide bonds. The minimum atomic E-state index is -0.310. The van der Waals surface area contributed by atoms with Gasteiger partial charge in [-0.25, -0.2) is 4.98 Å². The second-order valence-electron chi connectivity index (χ2n) is 7.61. The molecule has 0 unspecified atom stereocenters. The summed E-state index contributed by atoms with van der Waals surface area (Å²) < 4.78 is 6.90. The minimum absolute atomic E-state index is 0.310. The van der Waals surface area contributed by atoms with E-state index in [4.69, 9.17) is 9.52 Å². The van der Waals surface area contributed by atoms with Gasteiger partial charge in [-0.05, 0) is 42.8 Å². The van der Waals surface area contributed by atoms with Gasteiger partial charge in [-0.3, -0.25) is 9.78 Å². The Morgan fingerprint density at radius 1 is 1.00 bits per heavy atom. The molecule has 0 spiro atoms. The molecule has 2 aromatic carbocycles. The molecule has 5 rings (SSSR count). The van der Waals surface area contributed by atoms with Crippen molar-refractivity contribution in [3.63, 3.8) is 0 Å². The van der Waals surface area contributed by atoms with Gasteiger partial charge in [0.1, 0.15) is 11.2 Å². The number of hydrogen-bond donors (Lipinski definition) is 0. The number of pyridine rings is 1. The van der Waals surface area contributed by atoms with Gasteiger partial charge in [0.05, 0.1) is 11.9 Å². The molecule has 0 saturated carbocycles. The third kappa shape index (κ3) is 3.47. The van der Waals surface area contributed by atoms with E-state index in [1.807, 2.05) is 49.4 Å². The smallest absolute Gasteiger partial charge is 0.298 e. The molecule has 0 aliphatic rings. The van der Waals surface area contributed by atoms with E-state index in [-0.39, 0.29) is 5.56 Å². The van der Waals surface area contributed by atoms with Crippen LogP contribution in [-0.2, 0) is 0 Å². The number of rotatable bonds is 5. The molecule has 0 atom stereocenters. The predicted octanol–water partition coefficient (Wildman–Crippen LogP) is 5.70. The SMILES string of the molecule is C=Cc1cccc(C=C)c1-n1nc(-c2cc(C)cc(-c3cnco3)c2)c2cccnc2c1=O. The lowest BCUT2D eigenvalue weighted by Crippen LogP contribution is -2.24. The Bertz CT molecular complexity index is 1550. The second kappa shape index (κ2) is 8.16. The molecule has 0 bridgehead atoms. The summed E-state index contributed by atoms with van der Waals surface area (Å²) in [5.74, 6) is 0.654. The molecule has 3 aromatic heterocycles. The predicted molar refractivity (Wildman–Crippen MR) is 131 cm³/mol. The summed E-state index contributed by atoms with van der Waals surface area (Å²) in [5, 5.41) is 5.51.